The van der Waals surface area contributed by atoms with Gasteiger partial charge in [-0.2, -0.15) is 0 Å². The first kappa shape index (κ1) is 53.7. The van der Waals surface area contributed by atoms with Crippen LogP contribution in [0.4, 0.5) is 11.4 Å². The molecule has 0 bridgehead atoms. The van der Waals surface area contributed by atoms with Crippen molar-refractivity contribution < 1.29 is 70.8 Å². The first-order valence-corrected chi connectivity index (χ1v) is 21.4. The van der Waals surface area contributed by atoms with Crippen molar-refractivity contribution in [3.05, 3.63) is 78.4 Å². The predicted octanol–water partition coefficient (Wildman–Crippen LogP) is 7.09. The minimum atomic E-state index is -3.78. The highest BCUT2D eigenvalue weighted by atomic mass is 35.7. The van der Waals surface area contributed by atoms with E-state index in [2.05, 4.69) is 4.99 Å². The number of carboxylic acids is 1. The van der Waals surface area contributed by atoms with Gasteiger partial charge in [-0.05, 0) is 62.4 Å². The summed E-state index contributed by atoms with van der Waals surface area (Å²) in [6.07, 6.45) is -0.634. The quantitative estimate of drug-likeness (QED) is 0.0881. The Morgan fingerprint density at radius 2 is 1.10 bits per heavy atom. The maximum Gasteiger partial charge on any atom is 0.339 e. The number of anilines is 1. The summed E-state index contributed by atoms with van der Waals surface area (Å²) in [6.45, 7) is 14.8. The van der Waals surface area contributed by atoms with E-state index in [4.69, 9.17) is 68.9 Å². The number of ether oxygens (including phenoxy) is 10. The Hall–Kier alpha value is -5.40. The summed E-state index contributed by atoms with van der Waals surface area (Å²) in [5, 5.41) is 20.4. The highest BCUT2D eigenvalue weighted by molar-refractivity contribution is 8.13. The molecule has 17 nitrogen and oxygen atoms in total. The molecule has 0 fully saturated rings. The Labute approximate surface area is 383 Å². The fraction of sp³-hybridized carbons (Fsp3) is 0.381. The van der Waals surface area contributed by atoms with E-state index in [9.17, 15) is 18.3 Å². The molecular formula is C42H52Cl3N2O15S-. The van der Waals surface area contributed by atoms with Crippen LogP contribution in [0.2, 0.25) is 0 Å². The van der Waals surface area contributed by atoms with E-state index in [0.29, 0.717) is 98.7 Å². The van der Waals surface area contributed by atoms with Crippen molar-refractivity contribution in [2.24, 2.45) is 4.99 Å². The molecule has 348 valence electrons. The fourth-order valence-corrected chi connectivity index (χ4v) is 6.30. The lowest BCUT2D eigenvalue weighted by Crippen LogP contribution is -2.31. The molecule has 0 amide bonds. The van der Waals surface area contributed by atoms with E-state index in [1.54, 1.807) is 69.3 Å². The van der Waals surface area contributed by atoms with Gasteiger partial charge < -0.3 is 63.3 Å². The number of rotatable bonds is 5. The average Bonchev–Trinajstić information content (AvgIpc) is 3.24. The summed E-state index contributed by atoms with van der Waals surface area (Å²) in [7, 11) is 1.46. The summed E-state index contributed by atoms with van der Waals surface area (Å²) >= 11 is 0. The number of carbonyl (C=O) groups is 1. The van der Waals surface area contributed by atoms with Crippen LogP contribution < -0.4 is 48.7 Å². The van der Waals surface area contributed by atoms with Gasteiger partial charge in [-0.25, -0.2) is 18.2 Å². The standard InChI is InChI=1S/C13H17NO4.C9H8O4.C8H7ClO4S.C8H9NO2.C4H10O.2ClH/c1-13(2,3)18-12(15)14-9-5-4-6-10-11(9)17-8-7-16-10;10-9(11)6-2-1-3-7-8(6)13-5-4-12-7;9-14(10,11)7-3-1-2-6-8(7)13-5-4-12-6;9-6-2-1-3-7-8(6)11-5-4-10-7;1-3-5-4-2;;/h4-6H,7-8H2,1-3H3,(H,14,15);1-3H,4-5H2,(H,10,11);1-3H,4-5H2;1-3H,4-5,9H2;3-4H2,1-2H3;2*1H/p-1. The van der Waals surface area contributed by atoms with Crippen molar-refractivity contribution in [3.8, 4) is 46.0 Å². The number of hydrogen-bond donors (Lipinski definition) is 2. The minimum absolute atomic E-state index is 0. The summed E-state index contributed by atoms with van der Waals surface area (Å²) in [6, 6.07) is 20.1. The average molecular weight is 963 g/mol. The molecule has 21 heteroatoms. The van der Waals surface area contributed by atoms with E-state index in [-0.39, 0.29) is 41.0 Å². The molecule has 4 aromatic carbocycles. The Morgan fingerprint density at radius 3 is 1.57 bits per heavy atom. The Bertz CT molecular complexity index is 2200. The smallest absolute Gasteiger partial charge is 0.339 e. The normalized spacial score (nSPS) is 13.8. The van der Waals surface area contributed by atoms with Gasteiger partial charge in [-0.1, -0.05) is 45.0 Å². The number of hydrogen-bond acceptors (Lipinski definition) is 16. The third kappa shape index (κ3) is 17.0. The maximum atomic E-state index is 11.6. The monoisotopic (exact) mass is 961 g/mol. The third-order valence-electron chi connectivity index (χ3n) is 7.74. The van der Waals surface area contributed by atoms with E-state index in [0.717, 1.165) is 19.0 Å². The van der Waals surface area contributed by atoms with Crippen LogP contribution in [0.15, 0.2) is 82.7 Å². The summed E-state index contributed by atoms with van der Waals surface area (Å²) < 4.78 is 74.5. The predicted molar refractivity (Wildman–Crippen MR) is 239 cm³/mol. The van der Waals surface area contributed by atoms with Crippen LogP contribution in [-0.2, 0) is 18.5 Å². The molecule has 0 radical (unpaired) electrons. The van der Waals surface area contributed by atoms with Crippen LogP contribution in [0.25, 0.3) is 0 Å². The van der Waals surface area contributed by atoms with Gasteiger partial charge in [-0.15, -0.1) is 24.8 Å². The molecular weight excluding hydrogens is 911 g/mol. The molecule has 0 atom stereocenters. The molecule has 4 aliphatic heterocycles. The largest absolute Gasteiger partial charge is 0.594 e. The number of carboxylic acid groups (broad SMARTS) is 1. The lowest BCUT2D eigenvalue weighted by Gasteiger charge is -2.29. The lowest BCUT2D eigenvalue weighted by atomic mass is 10.2. The lowest BCUT2D eigenvalue weighted by molar-refractivity contribution is -0.259. The molecule has 0 saturated heterocycles. The van der Waals surface area contributed by atoms with Crippen molar-refractivity contribution >= 4 is 68.0 Å². The molecule has 8 rings (SSSR count). The Kier molecular flexibility index (Phi) is 22.4. The van der Waals surface area contributed by atoms with Crippen molar-refractivity contribution in [1.29, 1.82) is 0 Å². The fourth-order valence-electron chi connectivity index (χ4n) is 5.31. The van der Waals surface area contributed by atoms with Gasteiger partial charge in [0.2, 0.25) is 0 Å². The number of fused-ring (bicyclic) bond motifs is 4. The van der Waals surface area contributed by atoms with Crippen molar-refractivity contribution in [3.63, 3.8) is 0 Å². The minimum Gasteiger partial charge on any atom is -0.594 e. The van der Waals surface area contributed by atoms with Crippen LogP contribution in [-0.4, -0.2) is 97.2 Å². The molecule has 63 heavy (non-hydrogen) atoms. The maximum absolute atomic E-state index is 11.6. The summed E-state index contributed by atoms with van der Waals surface area (Å²) in [4.78, 5) is 14.6. The van der Waals surface area contributed by atoms with Crippen LogP contribution in [0.3, 0.4) is 0 Å². The van der Waals surface area contributed by atoms with Gasteiger partial charge in [0.15, 0.2) is 52.1 Å². The second-order valence-corrected chi connectivity index (χ2v) is 15.9. The van der Waals surface area contributed by atoms with Crippen molar-refractivity contribution in [2.75, 3.05) is 71.8 Å². The van der Waals surface area contributed by atoms with E-state index < -0.39 is 26.7 Å². The molecule has 0 aromatic heterocycles. The van der Waals surface area contributed by atoms with Gasteiger partial charge in [0.05, 0.1) is 5.69 Å². The van der Waals surface area contributed by atoms with Crippen molar-refractivity contribution in [2.45, 2.75) is 45.1 Å². The number of nitrogens with zero attached hydrogens (tertiary/aromatic N) is 1. The first-order valence-electron chi connectivity index (χ1n) is 19.1. The number of aliphatic imine (C=N–C) groups is 1. The Morgan fingerprint density at radius 1 is 0.683 bits per heavy atom. The number of nitrogen functional groups attached to an aromatic ring is 1. The van der Waals surface area contributed by atoms with Gasteiger partial charge >= 0.3 is 5.97 Å². The first-order chi connectivity index (χ1) is 29.1. The highest BCUT2D eigenvalue weighted by Gasteiger charge is 2.23. The summed E-state index contributed by atoms with van der Waals surface area (Å²) in [5.41, 5.74) is 6.30. The second kappa shape index (κ2) is 26.3. The topological polar surface area (TPSA) is 225 Å². The van der Waals surface area contributed by atoms with Gasteiger partial charge in [0.25, 0.3) is 9.05 Å². The zero-order chi connectivity index (χ0) is 44.4. The zero-order valence-electron chi connectivity index (χ0n) is 35.3. The molecule has 0 unspecified atom stereocenters. The molecule has 0 aliphatic carbocycles. The zero-order valence-corrected chi connectivity index (χ0v) is 38.5. The molecule has 4 heterocycles. The van der Waals surface area contributed by atoms with Crippen molar-refractivity contribution in [1.82, 2.24) is 0 Å². The molecule has 4 aliphatic rings. The second-order valence-electron chi connectivity index (χ2n) is 13.4. The number of halogens is 3. The van der Waals surface area contributed by atoms with Crippen LogP contribution in [0.5, 0.6) is 46.0 Å². The molecule has 3 N–H and O–H groups in total. The van der Waals surface area contributed by atoms with E-state index in [1.807, 2.05) is 26.0 Å². The van der Waals surface area contributed by atoms with Gasteiger partial charge in [0.1, 0.15) is 69.0 Å². The van der Waals surface area contributed by atoms with Crippen LogP contribution in [0.1, 0.15) is 45.0 Å². The van der Waals surface area contributed by atoms with Crippen LogP contribution in [0, 0.1) is 0 Å². The van der Waals surface area contributed by atoms with Gasteiger partial charge in [-0.3, -0.25) is 0 Å². The Balaban J connectivity index is 0.000000279. The van der Waals surface area contributed by atoms with E-state index in [1.165, 1.54) is 12.1 Å². The van der Waals surface area contributed by atoms with Crippen LogP contribution >= 0.6 is 35.5 Å². The molecule has 0 spiro atoms. The molecule has 4 aromatic rings. The molecule has 0 saturated carbocycles. The van der Waals surface area contributed by atoms with E-state index >= 15 is 0 Å². The SMILES string of the molecule is CC(C)(C)OC([O-])=Nc1cccc2c1OCCO2.CCOCC.Cl.Cl.Nc1cccc2c1OCCO2.O=C(O)c1cccc2c1OCCO2.O=S(=O)(Cl)c1cccc2c1OCCO2. The van der Waals surface area contributed by atoms with Gasteiger partial charge in [0, 0.05) is 29.5 Å². The third-order valence-corrected chi connectivity index (χ3v) is 9.09. The number of aromatic carboxylic acids is 1. The number of para-hydroxylation sites is 4. The number of nitrogens with two attached hydrogens (primary N) is 1. The summed E-state index contributed by atoms with van der Waals surface area (Å²) in [5.74, 6) is 2.98. The highest BCUT2D eigenvalue weighted by Crippen LogP contribution is 2.40. The number of benzene rings is 4.